The van der Waals surface area contributed by atoms with Crippen LogP contribution in [0.15, 0.2) is 30.3 Å². The number of hydrogen-bond acceptors (Lipinski definition) is 5. The number of nitrogens with one attached hydrogen (secondary N) is 1. The van der Waals surface area contributed by atoms with Gasteiger partial charge < -0.3 is 24.3 Å². The van der Waals surface area contributed by atoms with E-state index in [9.17, 15) is 4.79 Å². The zero-order valence-corrected chi connectivity index (χ0v) is 14.0. The molecule has 0 unspecified atom stereocenters. The van der Waals surface area contributed by atoms with Crippen LogP contribution in [-0.2, 0) is 4.79 Å². The Morgan fingerprint density at radius 3 is 2.71 bits per heavy atom. The van der Waals surface area contributed by atoms with Crippen molar-refractivity contribution in [3.63, 3.8) is 0 Å². The zero-order valence-electron chi connectivity index (χ0n) is 13.2. The normalized spacial score (nSPS) is 12.0. The van der Waals surface area contributed by atoms with Crippen molar-refractivity contribution in [3.05, 3.63) is 40.9 Å². The van der Waals surface area contributed by atoms with Crippen LogP contribution in [-0.4, -0.2) is 26.4 Å². The van der Waals surface area contributed by atoms with Crippen molar-refractivity contribution in [1.82, 2.24) is 0 Å². The van der Waals surface area contributed by atoms with E-state index in [1.165, 1.54) is 0 Å². The van der Waals surface area contributed by atoms with Gasteiger partial charge in [0, 0.05) is 12.1 Å². The van der Waals surface area contributed by atoms with Gasteiger partial charge in [-0.25, -0.2) is 0 Å². The van der Waals surface area contributed by atoms with Crippen LogP contribution in [0.4, 0.5) is 5.69 Å². The highest BCUT2D eigenvalue weighted by atomic mass is 35.5. The van der Waals surface area contributed by atoms with E-state index in [1.54, 1.807) is 25.3 Å². The van der Waals surface area contributed by atoms with Crippen molar-refractivity contribution in [2.24, 2.45) is 0 Å². The topological polar surface area (TPSA) is 66.0 Å². The number of carbonyl (C=O) groups excluding carboxylic acids is 1. The summed E-state index contributed by atoms with van der Waals surface area (Å²) in [4.78, 5) is 12.1. The fraction of sp³-hybridized carbons (Fsp3) is 0.235. The maximum Gasteiger partial charge on any atom is 0.262 e. The molecule has 0 atom stereocenters. The predicted octanol–water partition coefficient (Wildman–Crippen LogP) is 3.40. The Kier molecular flexibility index (Phi) is 4.66. The van der Waals surface area contributed by atoms with E-state index in [4.69, 9.17) is 30.5 Å². The summed E-state index contributed by atoms with van der Waals surface area (Å²) < 4.78 is 21.2. The van der Waals surface area contributed by atoms with Gasteiger partial charge in [-0.15, -0.1) is 0 Å². The van der Waals surface area contributed by atoms with Crippen molar-refractivity contribution in [2.75, 3.05) is 25.8 Å². The summed E-state index contributed by atoms with van der Waals surface area (Å²) in [7, 11) is 1.55. The molecule has 0 spiro atoms. The van der Waals surface area contributed by atoms with Crippen LogP contribution in [0.3, 0.4) is 0 Å². The Balaban J connectivity index is 1.64. The molecule has 2 aromatic rings. The third-order valence-electron chi connectivity index (χ3n) is 3.41. The lowest BCUT2D eigenvalue weighted by Crippen LogP contribution is -2.20. The van der Waals surface area contributed by atoms with Crippen molar-refractivity contribution >= 4 is 23.2 Å². The first-order chi connectivity index (χ1) is 11.6. The van der Waals surface area contributed by atoms with Gasteiger partial charge in [0.05, 0.1) is 17.8 Å². The molecule has 0 aliphatic carbocycles. The van der Waals surface area contributed by atoms with E-state index in [-0.39, 0.29) is 19.3 Å². The lowest BCUT2D eigenvalue weighted by Gasteiger charge is -2.12. The number of aryl methyl sites for hydroxylation is 1. The Bertz CT molecular complexity index is 778. The Morgan fingerprint density at radius 2 is 1.96 bits per heavy atom. The smallest absolute Gasteiger partial charge is 0.262 e. The van der Waals surface area contributed by atoms with E-state index in [2.05, 4.69) is 5.32 Å². The number of hydrogen-bond donors (Lipinski definition) is 1. The van der Waals surface area contributed by atoms with Crippen LogP contribution >= 0.6 is 11.6 Å². The maximum absolute atomic E-state index is 12.1. The fourth-order valence-electron chi connectivity index (χ4n) is 2.24. The summed E-state index contributed by atoms with van der Waals surface area (Å²) in [6.45, 7) is 1.91. The van der Waals surface area contributed by atoms with Gasteiger partial charge in [0.1, 0.15) is 0 Å². The second kappa shape index (κ2) is 6.88. The lowest BCUT2D eigenvalue weighted by molar-refractivity contribution is -0.118. The molecule has 1 amide bonds. The Morgan fingerprint density at radius 1 is 1.21 bits per heavy atom. The van der Waals surface area contributed by atoms with Gasteiger partial charge in [0.15, 0.2) is 29.6 Å². The number of rotatable bonds is 5. The lowest BCUT2D eigenvalue weighted by atomic mass is 10.2. The molecule has 2 aromatic carbocycles. The Labute approximate surface area is 144 Å². The number of carbonyl (C=O) groups is 1. The van der Waals surface area contributed by atoms with Gasteiger partial charge in [0.2, 0.25) is 6.79 Å². The molecule has 0 bridgehead atoms. The van der Waals surface area contributed by atoms with Crippen LogP contribution < -0.4 is 24.3 Å². The summed E-state index contributed by atoms with van der Waals surface area (Å²) in [6, 6.07) is 8.69. The molecule has 1 heterocycles. The second-order valence-electron chi connectivity index (χ2n) is 5.18. The number of benzene rings is 2. The third kappa shape index (κ3) is 3.49. The van der Waals surface area contributed by atoms with Crippen molar-refractivity contribution in [2.45, 2.75) is 6.92 Å². The van der Waals surface area contributed by atoms with Gasteiger partial charge in [-0.3, -0.25) is 4.79 Å². The molecule has 0 aromatic heterocycles. The summed E-state index contributed by atoms with van der Waals surface area (Å²) in [5, 5.41) is 3.05. The van der Waals surface area contributed by atoms with E-state index in [0.29, 0.717) is 33.7 Å². The quantitative estimate of drug-likeness (QED) is 0.896. The maximum atomic E-state index is 12.1. The summed E-state index contributed by atoms with van der Waals surface area (Å²) in [5.41, 5.74) is 1.47. The number of methoxy groups -OCH3 is 1. The minimum Gasteiger partial charge on any atom is -0.493 e. The third-order valence-corrected chi connectivity index (χ3v) is 3.73. The summed E-state index contributed by atoms with van der Waals surface area (Å²) >= 11 is 6.12. The first kappa shape index (κ1) is 16.3. The molecule has 0 fully saturated rings. The highest BCUT2D eigenvalue weighted by molar-refractivity contribution is 6.34. The van der Waals surface area contributed by atoms with Gasteiger partial charge in [0.25, 0.3) is 5.91 Å². The number of ether oxygens (including phenoxy) is 4. The van der Waals surface area contributed by atoms with Gasteiger partial charge >= 0.3 is 0 Å². The molecule has 1 aliphatic rings. The molecular formula is C17H16ClNO5. The molecule has 24 heavy (non-hydrogen) atoms. The molecule has 7 heteroatoms. The molecule has 0 saturated heterocycles. The molecule has 6 nitrogen and oxygen atoms in total. The molecular weight excluding hydrogens is 334 g/mol. The SMILES string of the molecule is COc1cc(C)ccc1OCC(=O)Nc1cc2c(cc1Cl)OCO2. The minimum absolute atomic E-state index is 0.138. The summed E-state index contributed by atoms with van der Waals surface area (Å²) in [6.07, 6.45) is 0. The van der Waals surface area contributed by atoms with Gasteiger partial charge in [-0.05, 0) is 24.6 Å². The largest absolute Gasteiger partial charge is 0.493 e. The van der Waals surface area contributed by atoms with Gasteiger partial charge in [-0.2, -0.15) is 0 Å². The summed E-state index contributed by atoms with van der Waals surface area (Å²) in [5.74, 6) is 1.81. The molecule has 126 valence electrons. The molecule has 0 saturated carbocycles. The predicted molar refractivity (Wildman–Crippen MR) is 89.4 cm³/mol. The first-order valence-electron chi connectivity index (χ1n) is 7.23. The van der Waals surface area contributed by atoms with E-state index in [0.717, 1.165) is 5.56 Å². The number of halogens is 1. The standard InChI is InChI=1S/C17H16ClNO5/c1-10-3-4-13(14(5-10)21-2)22-8-17(20)19-12-7-16-15(6-11(12)18)23-9-24-16/h3-7H,8-9H2,1-2H3,(H,19,20). The van der Waals surface area contributed by atoms with Crippen molar-refractivity contribution in [1.29, 1.82) is 0 Å². The van der Waals surface area contributed by atoms with Crippen LogP contribution in [0, 0.1) is 6.92 Å². The van der Waals surface area contributed by atoms with Crippen LogP contribution in [0.25, 0.3) is 0 Å². The Hall–Kier alpha value is -2.60. The van der Waals surface area contributed by atoms with E-state index in [1.807, 2.05) is 19.1 Å². The molecule has 0 radical (unpaired) electrons. The monoisotopic (exact) mass is 349 g/mol. The number of fused-ring (bicyclic) bond motifs is 1. The molecule has 3 rings (SSSR count). The first-order valence-corrected chi connectivity index (χ1v) is 7.61. The van der Waals surface area contributed by atoms with Gasteiger partial charge in [-0.1, -0.05) is 17.7 Å². The average molecular weight is 350 g/mol. The van der Waals surface area contributed by atoms with E-state index >= 15 is 0 Å². The second-order valence-corrected chi connectivity index (χ2v) is 5.58. The highest BCUT2D eigenvalue weighted by Crippen LogP contribution is 2.39. The van der Waals surface area contributed by atoms with Crippen LogP contribution in [0.5, 0.6) is 23.0 Å². The minimum atomic E-state index is -0.349. The van der Waals surface area contributed by atoms with E-state index < -0.39 is 0 Å². The highest BCUT2D eigenvalue weighted by Gasteiger charge is 2.18. The number of anilines is 1. The average Bonchev–Trinajstić information content (AvgIpc) is 3.01. The van der Waals surface area contributed by atoms with Crippen molar-refractivity contribution in [3.8, 4) is 23.0 Å². The fourth-order valence-corrected chi connectivity index (χ4v) is 2.44. The number of amides is 1. The van der Waals surface area contributed by atoms with Crippen LogP contribution in [0.2, 0.25) is 5.02 Å². The van der Waals surface area contributed by atoms with Crippen LogP contribution in [0.1, 0.15) is 5.56 Å². The molecule has 1 N–H and O–H groups in total. The molecule has 1 aliphatic heterocycles. The van der Waals surface area contributed by atoms with Crippen molar-refractivity contribution < 1.29 is 23.7 Å². The zero-order chi connectivity index (χ0) is 17.1.